The lowest BCUT2D eigenvalue weighted by atomic mass is 9.94. The molecule has 0 unspecified atom stereocenters. The van der Waals surface area contributed by atoms with Gasteiger partial charge < -0.3 is 9.80 Å². The fraction of sp³-hybridized carbons (Fsp3) is 0.545. The Bertz CT molecular complexity index is 1000. The van der Waals surface area contributed by atoms with E-state index in [1.54, 1.807) is 16.8 Å². The molecule has 2 aromatic rings. The number of rotatable bonds is 5. The van der Waals surface area contributed by atoms with Crippen LogP contribution in [-0.4, -0.2) is 55.6 Å². The zero-order valence-corrected chi connectivity index (χ0v) is 17.7. The van der Waals surface area contributed by atoms with Crippen LogP contribution in [0.3, 0.4) is 0 Å². The van der Waals surface area contributed by atoms with Crippen molar-refractivity contribution in [3.8, 4) is 0 Å². The predicted octanol–water partition coefficient (Wildman–Crippen LogP) is 1.80. The maximum Gasteiger partial charge on any atom is 0.346 e. The maximum absolute atomic E-state index is 13.0. The van der Waals surface area contributed by atoms with E-state index in [1.807, 2.05) is 31.2 Å². The van der Waals surface area contributed by atoms with Gasteiger partial charge in [0.1, 0.15) is 6.54 Å². The van der Waals surface area contributed by atoms with Crippen LogP contribution in [0.4, 0.5) is 0 Å². The number of carbonyl (C=O) groups is 2. The summed E-state index contributed by atoms with van der Waals surface area (Å²) >= 11 is 0. The number of aryl methyl sites for hydroxylation is 1. The summed E-state index contributed by atoms with van der Waals surface area (Å²) in [6, 6.07) is 8.17. The third kappa shape index (κ3) is 3.91. The molecule has 8 nitrogen and oxygen atoms in total. The van der Waals surface area contributed by atoms with E-state index in [0.29, 0.717) is 19.6 Å². The highest BCUT2D eigenvalue weighted by molar-refractivity contribution is 5.91. The quantitative estimate of drug-likeness (QED) is 0.751. The van der Waals surface area contributed by atoms with E-state index in [1.165, 1.54) is 11.0 Å². The molecule has 0 spiro atoms. The van der Waals surface area contributed by atoms with Gasteiger partial charge in [-0.1, -0.05) is 43.5 Å². The summed E-state index contributed by atoms with van der Waals surface area (Å²) in [5.74, 6) is -0.287. The fourth-order valence-electron chi connectivity index (χ4n) is 4.42. The van der Waals surface area contributed by atoms with Gasteiger partial charge in [0.25, 0.3) is 5.91 Å². The van der Waals surface area contributed by atoms with Crippen LogP contribution in [0.25, 0.3) is 0 Å². The Morgan fingerprint density at radius 2 is 1.87 bits per heavy atom. The van der Waals surface area contributed by atoms with Crippen molar-refractivity contribution in [1.82, 2.24) is 24.1 Å². The highest BCUT2D eigenvalue weighted by Gasteiger charge is 2.31. The summed E-state index contributed by atoms with van der Waals surface area (Å²) in [7, 11) is 1.80. The summed E-state index contributed by atoms with van der Waals surface area (Å²) in [5, 5.41) is 4.24. The molecule has 8 heteroatoms. The topological polar surface area (TPSA) is 80.4 Å². The molecule has 0 saturated heterocycles. The number of nitrogens with zero attached hydrogens (tertiary/aromatic N) is 5. The van der Waals surface area contributed by atoms with E-state index in [2.05, 4.69) is 5.10 Å². The van der Waals surface area contributed by atoms with Crippen molar-refractivity contribution in [3.63, 3.8) is 0 Å². The minimum atomic E-state index is -0.390. The van der Waals surface area contributed by atoms with Crippen molar-refractivity contribution >= 4 is 11.8 Å². The van der Waals surface area contributed by atoms with Crippen molar-refractivity contribution in [2.45, 2.75) is 64.7 Å². The van der Waals surface area contributed by atoms with Gasteiger partial charge in [0.05, 0.1) is 0 Å². The molecule has 2 aliphatic rings. The van der Waals surface area contributed by atoms with Gasteiger partial charge in [-0.25, -0.2) is 9.48 Å². The second kappa shape index (κ2) is 8.45. The third-order valence-electron chi connectivity index (χ3n) is 6.42. The molecule has 1 fully saturated rings. The Kier molecular flexibility index (Phi) is 5.74. The van der Waals surface area contributed by atoms with Crippen molar-refractivity contribution in [2.24, 2.45) is 0 Å². The lowest BCUT2D eigenvalue weighted by Crippen LogP contribution is -2.43. The van der Waals surface area contributed by atoms with Gasteiger partial charge in [-0.2, -0.15) is 0 Å². The molecular formula is C22H29N5O3. The Hall–Kier alpha value is -2.90. The standard InChI is InChI=1S/C22H29N5O3/c1-16-8-6-7-9-17(16)14-25-12-13-26-20(21(25)29)23-27(22(26)30)15-19(28)24(2)18-10-4-3-5-11-18/h6-9,18H,3-5,10-15H2,1-2H3. The number of hydrogen-bond donors (Lipinski definition) is 0. The number of likely N-dealkylation sites (N-methyl/N-ethyl adjacent to an activating group) is 1. The molecule has 0 bridgehead atoms. The lowest BCUT2D eigenvalue weighted by molar-refractivity contribution is -0.133. The fourth-order valence-corrected chi connectivity index (χ4v) is 4.42. The smallest absolute Gasteiger partial charge is 0.341 e. The number of benzene rings is 1. The first kappa shape index (κ1) is 20.4. The number of carbonyl (C=O) groups excluding carboxylic acids is 2. The maximum atomic E-state index is 13.0. The highest BCUT2D eigenvalue weighted by atomic mass is 16.2. The number of hydrogen-bond acceptors (Lipinski definition) is 4. The second-order valence-corrected chi connectivity index (χ2v) is 8.37. The van der Waals surface area contributed by atoms with Crippen LogP contribution in [0, 0.1) is 6.92 Å². The van der Waals surface area contributed by atoms with Crippen molar-refractivity contribution < 1.29 is 9.59 Å². The summed E-state index contributed by atoms with van der Waals surface area (Å²) in [4.78, 5) is 41.9. The minimum absolute atomic E-state index is 0.118. The Morgan fingerprint density at radius 3 is 2.60 bits per heavy atom. The first-order valence-corrected chi connectivity index (χ1v) is 10.7. The molecule has 4 rings (SSSR count). The summed E-state index contributed by atoms with van der Waals surface area (Å²) in [6.07, 6.45) is 5.48. The molecule has 2 heterocycles. The van der Waals surface area contributed by atoms with Gasteiger partial charge in [0.15, 0.2) is 0 Å². The van der Waals surface area contributed by atoms with Gasteiger partial charge in [-0.05, 0) is 30.9 Å². The van der Waals surface area contributed by atoms with Crippen LogP contribution in [0.5, 0.6) is 0 Å². The molecule has 0 atom stereocenters. The number of aromatic nitrogens is 3. The lowest BCUT2D eigenvalue weighted by Gasteiger charge is -2.31. The zero-order chi connectivity index (χ0) is 21.3. The first-order chi connectivity index (χ1) is 14.5. The Labute approximate surface area is 176 Å². The van der Waals surface area contributed by atoms with Gasteiger partial charge >= 0.3 is 5.69 Å². The van der Waals surface area contributed by atoms with E-state index < -0.39 is 0 Å². The average Bonchev–Trinajstić information content (AvgIpc) is 3.08. The van der Waals surface area contributed by atoms with Crippen LogP contribution in [0.2, 0.25) is 0 Å². The van der Waals surface area contributed by atoms with E-state index in [0.717, 1.165) is 41.5 Å². The van der Waals surface area contributed by atoms with Crippen LogP contribution in [-0.2, 0) is 24.4 Å². The van der Waals surface area contributed by atoms with Gasteiger partial charge in [0.2, 0.25) is 11.7 Å². The number of fused-ring (bicyclic) bond motifs is 1. The average molecular weight is 412 g/mol. The van der Waals surface area contributed by atoms with Crippen molar-refractivity contribution in [3.05, 3.63) is 51.7 Å². The summed E-state index contributed by atoms with van der Waals surface area (Å²) in [6.45, 7) is 3.20. The molecule has 1 aliphatic heterocycles. The first-order valence-electron chi connectivity index (χ1n) is 10.7. The molecule has 2 amide bonds. The largest absolute Gasteiger partial charge is 0.346 e. The number of amides is 2. The van der Waals surface area contributed by atoms with E-state index in [-0.39, 0.29) is 35.9 Å². The molecule has 0 N–H and O–H groups in total. The molecule has 1 aromatic heterocycles. The minimum Gasteiger partial charge on any atom is -0.341 e. The van der Waals surface area contributed by atoms with Crippen LogP contribution in [0.15, 0.2) is 29.1 Å². The van der Waals surface area contributed by atoms with E-state index in [4.69, 9.17) is 0 Å². The zero-order valence-electron chi connectivity index (χ0n) is 17.7. The summed E-state index contributed by atoms with van der Waals surface area (Å²) in [5.41, 5.74) is 1.81. The molecule has 160 valence electrons. The van der Waals surface area contributed by atoms with Crippen LogP contribution < -0.4 is 5.69 Å². The van der Waals surface area contributed by atoms with E-state index in [9.17, 15) is 14.4 Å². The molecule has 30 heavy (non-hydrogen) atoms. The van der Waals surface area contributed by atoms with E-state index >= 15 is 0 Å². The van der Waals surface area contributed by atoms with Gasteiger partial charge in [-0.15, -0.1) is 5.10 Å². The second-order valence-electron chi connectivity index (χ2n) is 8.37. The predicted molar refractivity (Wildman–Crippen MR) is 112 cm³/mol. The van der Waals surface area contributed by atoms with Crippen molar-refractivity contribution in [2.75, 3.05) is 13.6 Å². The molecule has 1 aromatic carbocycles. The Balaban J connectivity index is 1.49. The normalized spacial score (nSPS) is 17.1. The monoisotopic (exact) mass is 411 g/mol. The summed E-state index contributed by atoms with van der Waals surface area (Å²) < 4.78 is 2.54. The molecule has 1 aliphatic carbocycles. The van der Waals surface area contributed by atoms with Crippen molar-refractivity contribution in [1.29, 1.82) is 0 Å². The van der Waals surface area contributed by atoms with Crippen LogP contribution in [0.1, 0.15) is 53.8 Å². The third-order valence-corrected chi connectivity index (χ3v) is 6.42. The highest BCUT2D eigenvalue weighted by Crippen LogP contribution is 2.22. The van der Waals surface area contributed by atoms with Gasteiger partial charge in [-0.3, -0.25) is 14.2 Å². The Morgan fingerprint density at radius 1 is 1.13 bits per heavy atom. The molecular weight excluding hydrogens is 382 g/mol. The van der Waals surface area contributed by atoms with Gasteiger partial charge in [0, 0.05) is 32.7 Å². The SMILES string of the molecule is Cc1ccccc1CN1CCn2c(nn(CC(=O)N(C)C3CCCCC3)c2=O)C1=O. The van der Waals surface area contributed by atoms with Crippen LogP contribution >= 0.6 is 0 Å². The molecule has 0 radical (unpaired) electrons. The molecule has 1 saturated carbocycles.